The van der Waals surface area contributed by atoms with Gasteiger partial charge in [0.2, 0.25) is 0 Å². The number of anilines is 1. The Morgan fingerprint density at radius 2 is 1.84 bits per heavy atom. The third-order valence-corrected chi connectivity index (χ3v) is 6.20. The van der Waals surface area contributed by atoms with E-state index < -0.39 is 0 Å². The quantitative estimate of drug-likeness (QED) is 0.698. The van der Waals surface area contributed by atoms with Crippen LogP contribution in [-0.2, 0) is 0 Å². The van der Waals surface area contributed by atoms with Gasteiger partial charge in [-0.2, -0.15) is 0 Å². The van der Waals surface area contributed by atoms with Crippen LogP contribution in [0, 0.1) is 0 Å². The van der Waals surface area contributed by atoms with Crippen LogP contribution in [0.25, 0.3) is 0 Å². The number of hydrogen-bond acceptors (Lipinski definition) is 4. The zero-order valence-electron chi connectivity index (χ0n) is 14.4. The Morgan fingerprint density at radius 1 is 1.20 bits per heavy atom. The number of thioether (sulfide) groups is 1. The molecule has 132 valence electrons. The van der Waals surface area contributed by atoms with Crippen LogP contribution < -0.4 is 14.4 Å². The van der Waals surface area contributed by atoms with Crippen molar-refractivity contribution in [2.75, 3.05) is 25.7 Å². The molecule has 1 amide bonds. The van der Waals surface area contributed by atoms with Gasteiger partial charge in [-0.1, -0.05) is 19.1 Å². The third-order valence-electron chi connectivity index (χ3n) is 4.18. The Morgan fingerprint density at radius 3 is 2.48 bits per heavy atom. The van der Waals surface area contributed by atoms with Gasteiger partial charge in [0.15, 0.2) is 0 Å². The van der Waals surface area contributed by atoms with Gasteiger partial charge in [-0.05, 0) is 46.6 Å². The average Bonchev–Trinajstić information content (AvgIpc) is 2.79. The Bertz CT molecular complexity index is 771. The number of amides is 1. The van der Waals surface area contributed by atoms with Crippen LogP contribution in [0.2, 0.25) is 0 Å². The van der Waals surface area contributed by atoms with Crippen LogP contribution in [0.4, 0.5) is 5.69 Å². The predicted octanol–water partition coefficient (Wildman–Crippen LogP) is 5.00. The summed E-state index contributed by atoms with van der Waals surface area (Å²) in [5, 5.41) is 0.466. The van der Waals surface area contributed by atoms with E-state index in [0.29, 0.717) is 33.3 Å². The van der Waals surface area contributed by atoms with E-state index in [-0.39, 0.29) is 5.91 Å². The van der Waals surface area contributed by atoms with Crippen molar-refractivity contribution in [3.05, 3.63) is 46.4 Å². The van der Waals surface area contributed by atoms with Crippen molar-refractivity contribution < 1.29 is 14.3 Å². The molecule has 0 aliphatic carbocycles. The summed E-state index contributed by atoms with van der Waals surface area (Å²) in [6, 6.07) is 11.6. The molecule has 6 heteroatoms. The van der Waals surface area contributed by atoms with Crippen LogP contribution in [0.15, 0.2) is 45.8 Å². The van der Waals surface area contributed by atoms with Crippen molar-refractivity contribution in [2.45, 2.75) is 23.5 Å². The summed E-state index contributed by atoms with van der Waals surface area (Å²) in [4.78, 5) is 16.3. The van der Waals surface area contributed by atoms with Gasteiger partial charge in [0.25, 0.3) is 5.91 Å². The van der Waals surface area contributed by atoms with Crippen LogP contribution >= 0.6 is 27.7 Å². The van der Waals surface area contributed by atoms with Gasteiger partial charge in [-0.25, -0.2) is 0 Å². The van der Waals surface area contributed by atoms with Gasteiger partial charge in [0, 0.05) is 22.3 Å². The Hall–Kier alpha value is -1.66. The third kappa shape index (κ3) is 3.65. The lowest BCUT2D eigenvalue weighted by Crippen LogP contribution is -2.32. The van der Waals surface area contributed by atoms with Crippen LogP contribution in [0.1, 0.15) is 23.7 Å². The lowest BCUT2D eigenvalue weighted by atomic mass is 10.1. The molecule has 25 heavy (non-hydrogen) atoms. The average molecular weight is 422 g/mol. The number of methoxy groups -OCH3 is 2. The van der Waals surface area contributed by atoms with E-state index in [2.05, 4.69) is 28.9 Å². The number of fused-ring (bicyclic) bond motifs is 1. The highest BCUT2D eigenvalue weighted by molar-refractivity contribution is 9.10. The van der Waals surface area contributed by atoms with Crippen molar-refractivity contribution in [2.24, 2.45) is 0 Å². The fourth-order valence-electron chi connectivity index (χ4n) is 2.85. The fraction of sp³-hybridized carbons (Fsp3) is 0.316. The molecule has 0 unspecified atom stereocenters. The molecule has 0 aromatic heterocycles. The largest absolute Gasteiger partial charge is 0.495 e. The van der Waals surface area contributed by atoms with Gasteiger partial charge >= 0.3 is 0 Å². The molecule has 1 atom stereocenters. The van der Waals surface area contributed by atoms with E-state index in [4.69, 9.17) is 9.47 Å². The standard InChI is InChI=1S/C19H20BrNO3S/c1-12-8-9-21(14-6-4-5-7-17(14)25-12)19(22)13-10-15(23-2)18(20)16(11-13)24-3/h4-7,10-12H,8-9H2,1-3H3/t12-/m1/s1. The number of halogens is 1. The number of ether oxygens (including phenoxy) is 2. The summed E-state index contributed by atoms with van der Waals surface area (Å²) in [5.41, 5.74) is 1.51. The fourth-order valence-corrected chi connectivity index (χ4v) is 4.51. The SMILES string of the molecule is COc1cc(C(=O)N2CC[C@@H](C)Sc3ccccc32)cc(OC)c1Br. The second-order valence-electron chi connectivity index (χ2n) is 5.84. The summed E-state index contributed by atoms with van der Waals surface area (Å²) in [5.74, 6) is 1.10. The van der Waals surface area contributed by atoms with Gasteiger partial charge < -0.3 is 14.4 Å². The molecule has 0 fully saturated rings. The highest BCUT2D eigenvalue weighted by Crippen LogP contribution is 2.40. The first-order valence-electron chi connectivity index (χ1n) is 8.04. The molecular formula is C19H20BrNO3S. The Kier molecular flexibility index (Phi) is 5.59. The Labute approximate surface area is 160 Å². The van der Waals surface area contributed by atoms with Crippen molar-refractivity contribution >= 4 is 39.3 Å². The molecule has 0 spiro atoms. The minimum absolute atomic E-state index is 0.0498. The normalized spacial score (nSPS) is 16.8. The summed E-state index contributed by atoms with van der Waals surface area (Å²) in [6.07, 6.45) is 0.940. The van der Waals surface area contributed by atoms with Crippen molar-refractivity contribution in [1.29, 1.82) is 0 Å². The molecular weight excluding hydrogens is 402 g/mol. The summed E-state index contributed by atoms with van der Waals surface area (Å²) in [6.45, 7) is 2.88. The molecule has 0 saturated carbocycles. The molecule has 2 aromatic carbocycles. The van der Waals surface area contributed by atoms with Gasteiger partial charge in [0.05, 0.1) is 19.9 Å². The molecule has 3 rings (SSSR count). The minimum Gasteiger partial charge on any atom is -0.495 e. The maximum atomic E-state index is 13.3. The van der Waals surface area contributed by atoms with E-state index in [1.54, 1.807) is 26.4 Å². The summed E-state index contributed by atoms with van der Waals surface area (Å²) < 4.78 is 11.5. The van der Waals surface area contributed by atoms with E-state index in [1.807, 2.05) is 34.9 Å². The van der Waals surface area contributed by atoms with Crippen molar-refractivity contribution in [1.82, 2.24) is 0 Å². The number of nitrogens with zero attached hydrogens (tertiary/aromatic N) is 1. The highest BCUT2D eigenvalue weighted by atomic mass is 79.9. The molecule has 0 saturated heterocycles. The van der Waals surface area contributed by atoms with Gasteiger partial charge in [-0.3, -0.25) is 4.79 Å². The number of carbonyl (C=O) groups is 1. The number of benzene rings is 2. The second-order valence-corrected chi connectivity index (χ2v) is 8.11. The molecule has 2 aromatic rings. The molecule has 1 aliphatic heterocycles. The monoisotopic (exact) mass is 421 g/mol. The maximum absolute atomic E-state index is 13.3. The first-order valence-corrected chi connectivity index (χ1v) is 9.71. The molecule has 0 radical (unpaired) electrons. The van der Waals surface area contributed by atoms with Crippen molar-refractivity contribution in [3.63, 3.8) is 0 Å². The van der Waals surface area contributed by atoms with E-state index in [1.165, 1.54) is 0 Å². The zero-order valence-corrected chi connectivity index (χ0v) is 16.8. The van der Waals surface area contributed by atoms with Crippen LogP contribution in [0.5, 0.6) is 11.5 Å². The minimum atomic E-state index is -0.0498. The zero-order chi connectivity index (χ0) is 18.0. The van der Waals surface area contributed by atoms with E-state index in [0.717, 1.165) is 17.0 Å². The van der Waals surface area contributed by atoms with Gasteiger partial charge in [-0.15, -0.1) is 11.8 Å². The number of para-hydroxylation sites is 1. The summed E-state index contributed by atoms with van der Waals surface area (Å²) in [7, 11) is 3.15. The predicted molar refractivity (Wildman–Crippen MR) is 105 cm³/mol. The van der Waals surface area contributed by atoms with Gasteiger partial charge in [0.1, 0.15) is 16.0 Å². The smallest absolute Gasteiger partial charge is 0.258 e. The van der Waals surface area contributed by atoms with Crippen molar-refractivity contribution in [3.8, 4) is 11.5 Å². The maximum Gasteiger partial charge on any atom is 0.258 e. The van der Waals surface area contributed by atoms with Crippen LogP contribution in [-0.4, -0.2) is 31.9 Å². The topological polar surface area (TPSA) is 38.8 Å². The Balaban J connectivity index is 2.04. The molecule has 4 nitrogen and oxygen atoms in total. The number of carbonyl (C=O) groups excluding carboxylic acids is 1. The number of rotatable bonds is 3. The number of hydrogen-bond donors (Lipinski definition) is 0. The first kappa shape index (κ1) is 18.1. The van der Waals surface area contributed by atoms with E-state index in [9.17, 15) is 4.79 Å². The second kappa shape index (κ2) is 7.70. The van der Waals surface area contributed by atoms with E-state index >= 15 is 0 Å². The van der Waals surface area contributed by atoms with Crippen LogP contribution in [0.3, 0.4) is 0 Å². The summed E-state index contributed by atoms with van der Waals surface area (Å²) >= 11 is 5.26. The lowest BCUT2D eigenvalue weighted by molar-refractivity contribution is 0.0985. The first-order chi connectivity index (χ1) is 12.0. The molecule has 0 bridgehead atoms. The molecule has 1 heterocycles. The molecule has 1 aliphatic rings. The highest BCUT2D eigenvalue weighted by Gasteiger charge is 2.26. The molecule has 0 N–H and O–H groups in total. The lowest BCUT2D eigenvalue weighted by Gasteiger charge is -2.23.